The number of carbonyl (C=O) groups excluding carboxylic acids is 4. The molecule has 620 valence electrons. The summed E-state index contributed by atoms with van der Waals surface area (Å²) in [5, 5.41) is 15.9. The third-order valence-corrected chi connectivity index (χ3v) is 20.1. The Morgan fingerprint density at radius 1 is 0.271 bits per heavy atom. The van der Waals surface area contributed by atoms with E-state index in [9.17, 15) is 19.2 Å². The van der Waals surface area contributed by atoms with Crippen LogP contribution in [0, 0.1) is 0 Å². The van der Waals surface area contributed by atoms with Gasteiger partial charge in [-0.2, -0.15) is 0 Å². The molecule has 0 aromatic heterocycles. The largest absolute Gasteiger partial charge is 0.379 e. The van der Waals surface area contributed by atoms with E-state index in [0.29, 0.717) is 158 Å². The van der Waals surface area contributed by atoms with Gasteiger partial charge in [0.25, 0.3) is 0 Å². The average Bonchev–Trinajstić information content (AvgIpc) is 0.832. The zero-order valence-corrected chi connectivity index (χ0v) is 67.3. The van der Waals surface area contributed by atoms with Gasteiger partial charge < -0.3 is 121 Å². The molecule has 8 aliphatic heterocycles. The molecule has 4 amide bonds. The third-order valence-electron chi connectivity index (χ3n) is 20.1. The van der Waals surface area contributed by atoms with Crippen molar-refractivity contribution in [1.82, 2.24) is 46.2 Å². The van der Waals surface area contributed by atoms with Crippen LogP contribution in [0.5, 0.6) is 0 Å². The van der Waals surface area contributed by atoms with Crippen molar-refractivity contribution in [2.45, 2.75) is 243 Å². The Bertz CT molecular complexity index is 2150. The van der Waals surface area contributed by atoms with Gasteiger partial charge in [0.2, 0.25) is 23.6 Å². The first-order valence-corrected chi connectivity index (χ1v) is 38.9. The SMILES string of the molecule is CC1(C)OCC(N(CCNC(=O)CCOCC(COCCC(=O)NCCN(C2COC(C)(C)OC2)C2COC(C)(C)OC2)NC(COCCC(=O)NCCN(C2COC(C)(C)OC2)C2COC(C)(C)OC2)COCCC(=O)NCCN(C2COC(C)(C)OC2)C2COC(C)(C)OC2)C2COC(C)(C)OC2)CO1. The zero-order chi connectivity index (χ0) is 77.5. The van der Waals surface area contributed by atoms with Gasteiger partial charge >= 0.3 is 0 Å². The van der Waals surface area contributed by atoms with E-state index in [2.05, 4.69) is 46.2 Å². The summed E-state index contributed by atoms with van der Waals surface area (Å²) in [5.74, 6) is -6.38. The van der Waals surface area contributed by atoms with Crippen LogP contribution in [0.25, 0.3) is 0 Å². The molecule has 0 saturated carbocycles. The minimum atomic E-state index is -0.699. The molecule has 33 nitrogen and oxygen atoms in total. The van der Waals surface area contributed by atoms with Crippen LogP contribution in [0.2, 0.25) is 0 Å². The van der Waals surface area contributed by atoms with E-state index in [1.165, 1.54) is 0 Å². The summed E-state index contributed by atoms with van der Waals surface area (Å²) in [6.45, 7) is 41.6. The van der Waals surface area contributed by atoms with Gasteiger partial charge in [-0.15, -0.1) is 0 Å². The molecule has 0 aliphatic carbocycles. The van der Waals surface area contributed by atoms with E-state index < -0.39 is 58.4 Å². The lowest BCUT2D eigenvalue weighted by molar-refractivity contribution is -0.288. The van der Waals surface area contributed by atoms with Gasteiger partial charge in [-0.1, -0.05) is 0 Å². The van der Waals surface area contributed by atoms with E-state index in [4.69, 9.17) is 94.7 Å². The van der Waals surface area contributed by atoms with Crippen molar-refractivity contribution in [2.75, 3.05) is 211 Å². The lowest BCUT2D eigenvalue weighted by atomic mass is 10.1. The van der Waals surface area contributed by atoms with Crippen LogP contribution in [-0.4, -0.2) is 361 Å². The normalized spacial score (nSPS) is 24.2. The second-order valence-electron chi connectivity index (χ2n) is 32.6. The number of carbonyl (C=O) groups is 4. The van der Waals surface area contributed by atoms with Crippen molar-refractivity contribution in [2.24, 2.45) is 0 Å². The van der Waals surface area contributed by atoms with Crippen molar-refractivity contribution in [3.05, 3.63) is 0 Å². The van der Waals surface area contributed by atoms with Crippen LogP contribution in [0.1, 0.15) is 136 Å². The van der Waals surface area contributed by atoms with Crippen molar-refractivity contribution >= 4 is 23.6 Å². The standard InChI is InChI=1S/C74H135N9O24/c1-67(2)92-37-55(38-93-67)80(56-39-94-68(3,4)95-40-56)25-21-75-63(84)17-29-88-33-53(34-89-30-18-64(85)76-22-26-81(57-41-96-69(5,6)97-42-57)58-43-98-70(7,8)99-44-58)79-54(35-90-31-19-65(86)77-23-27-82(59-45-100-71(9,10)101-46-59)60-47-102-72(11,12)103-48-60)36-91-32-20-66(87)78-24-28-83(61-49-104-73(13,14)105-50-61)62-51-106-74(15,16)107-52-62/h53-62,79H,17-52H2,1-16H3,(H,75,84)(H,76,85)(H,77,86)(H,78,87). The molecular formula is C74H135N9O24. The Morgan fingerprint density at radius 3 is 0.551 bits per heavy atom. The fourth-order valence-corrected chi connectivity index (χ4v) is 13.5. The highest BCUT2D eigenvalue weighted by Crippen LogP contribution is 2.31. The fourth-order valence-electron chi connectivity index (χ4n) is 13.5. The smallest absolute Gasteiger partial charge is 0.222 e. The molecule has 5 N–H and O–H groups in total. The van der Waals surface area contributed by atoms with Crippen molar-refractivity contribution in [3.8, 4) is 0 Å². The van der Waals surface area contributed by atoms with Crippen molar-refractivity contribution in [1.29, 1.82) is 0 Å². The van der Waals surface area contributed by atoms with Gasteiger partial charge in [-0.25, -0.2) is 0 Å². The summed E-state index contributed by atoms with van der Waals surface area (Å²) in [6.07, 6.45) is 0.275. The number of rotatable bonds is 42. The summed E-state index contributed by atoms with van der Waals surface area (Å²) >= 11 is 0. The molecular weight excluding hydrogens is 1400 g/mol. The number of amides is 4. The van der Waals surface area contributed by atoms with Gasteiger partial charge in [0.1, 0.15) is 0 Å². The first kappa shape index (κ1) is 89.4. The summed E-state index contributed by atoms with van der Waals surface area (Å²) in [4.78, 5) is 63.0. The number of hydrogen-bond donors (Lipinski definition) is 5. The van der Waals surface area contributed by atoms with Crippen LogP contribution in [-0.2, 0) is 114 Å². The maximum Gasteiger partial charge on any atom is 0.222 e. The van der Waals surface area contributed by atoms with Gasteiger partial charge in [0.15, 0.2) is 46.3 Å². The van der Waals surface area contributed by atoms with Gasteiger partial charge in [0.05, 0.1) is 219 Å². The van der Waals surface area contributed by atoms with E-state index in [-0.39, 0.29) is 151 Å². The van der Waals surface area contributed by atoms with E-state index in [1.54, 1.807) is 0 Å². The fraction of sp³-hybridized carbons (Fsp3) is 0.946. The molecule has 8 heterocycles. The van der Waals surface area contributed by atoms with Crippen molar-refractivity contribution < 1.29 is 114 Å². The number of hydrogen-bond acceptors (Lipinski definition) is 29. The summed E-state index contributed by atoms with van der Waals surface area (Å²) < 4.78 is 122. The maximum absolute atomic E-state index is 13.5. The zero-order valence-electron chi connectivity index (χ0n) is 67.3. The number of nitrogens with one attached hydrogen (secondary N) is 5. The van der Waals surface area contributed by atoms with Crippen LogP contribution >= 0.6 is 0 Å². The van der Waals surface area contributed by atoms with Crippen LogP contribution in [0.4, 0.5) is 0 Å². The summed E-state index contributed by atoms with van der Waals surface area (Å²) in [6, 6.07) is -1.66. The third kappa shape index (κ3) is 32.0. The van der Waals surface area contributed by atoms with Crippen molar-refractivity contribution in [3.63, 3.8) is 0 Å². The highest BCUT2D eigenvalue weighted by molar-refractivity contribution is 5.77. The minimum Gasteiger partial charge on any atom is -0.379 e. The minimum absolute atomic E-state index is 0.0687. The summed E-state index contributed by atoms with van der Waals surface area (Å²) in [7, 11) is 0. The van der Waals surface area contributed by atoms with Gasteiger partial charge in [0, 0.05) is 78.0 Å². The number of nitrogens with zero attached hydrogens (tertiary/aromatic N) is 4. The Kier molecular flexibility index (Phi) is 34.9. The lowest BCUT2D eigenvalue weighted by Crippen LogP contribution is -2.59. The van der Waals surface area contributed by atoms with Crippen LogP contribution < -0.4 is 26.6 Å². The molecule has 0 aromatic carbocycles. The summed E-state index contributed by atoms with van der Waals surface area (Å²) in [5.41, 5.74) is 0. The molecule has 0 bridgehead atoms. The molecule has 0 atom stereocenters. The molecule has 0 aromatic rings. The first-order valence-electron chi connectivity index (χ1n) is 38.9. The molecule has 8 saturated heterocycles. The van der Waals surface area contributed by atoms with Gasteiger partial charge in [-0.05, 0) is 111 Å². The van der Waals surface area contributed by atoms with Gasteiger partial charge in [-0.3, -0.25) is 38.8 Å². The second-order valence-corrected chi connectivity index (χ2v) is 32.6. The second kappa shape index (κ2) is 41.8. The van der Waals surface area contributed by atoms with E-state index in [0.717, 1.165) is 0 Å². The maximum atomic E-state index is 13.5. The monoisotopic (exact) mass is 1530 g/mol. The topological polar surface area (TPSA) is 326 Å². The predicted octanol–water partition coefficient (Wildman–Crippen LogP) is 1.82. The lowest BCUT2D eigenvalue weighted by Gasteiger charge is -2.46. The predicted molar refractivity (Wildman–Crippen MR) is 389 cm³/mol. The number of ether oxygens (including phenoxy) is 20. The van der Waals surface area contributed by atoms with E-state index >= 15 is 0 Å². The Balaban J connectivity index is 0.878. The Hall–Kier alpha value is -3.12. The van der Waals surface area contributed by atoms with E-state index in [1.807, 2.05) is 111 Å². The Labute approximate surface area is 635 Å². The molecule has 0 radical (unpaired) electrons. The molecule has 107 heavy (non-hydrogen) atoms. The molecule has 0 unspecified atom stereocenters. The molecule has 8 aliphatic rings. The first-order chi connectivity index (χ1) is 50.5. The molecule has 8 fully saturated rings. The highest BCUT2D eigenvalue weighted by atomic mass is 16.7. The Morgan fingerprint density at radius 2 is 0.411 bits per heavy atom. The molecule has 33 heteroatoms. The highest BCUT2D eigenvalue weighted by Gasteiger charge is 2.44. The molecule has 8 rings (SSSR count). The van der Waals surface area contributed by atoms with Crippen LogP contribution in [0.3, 0.4) is 0 Å². The van der Waals surface area contributed by atoms with Crippen LogP contribution in [0.15, 0.2) is 0 Å². The average molecular weight is 1530 g/mol. The quantitative estimate of drug-likeness (QED) is 0.0544. The molecule has 0 spiro atoms.